The Balaban J connectivity index is 1.16. The molecule has 2 atom stereocenters. The lowest BCUT2D eigenvalue weighted by Crippen LogP contribution is -2.23. The largest absolute Gasteiger partial charge is 0.359 e. The van der Waals surface area contributed by atoms with Crippen molar-refractivity contribution >= 4 is 38.6 Å². The number of fused-ring (bicyclic) bond motifs is 6. The molecule has 212 valence electrons. The third kappa shape index (κ3) is 4.49. The summed E-state index contributed by atoms with van der Waals surface area (Å²) < 4.78 is 0. The molecule has 0 fully saturated rings. The highest BCUT2D eigenvalue weighted by Crippen LogP contribution is 2.53. The maximum absolute atomic E-state index is 6.33. The zero-order valence-corrected chi connectivity index (χ0v) is 23.9. The number of rotatable bonds is 5. The van der Waals surface area contributed by atoms with E-state index in [1.54, 1.807) is 12.4 Å². The molecular weight excluding hydrogens is 540 g/mol. The Morgan fingerprint density at radius 3 is 1.95 bits per heavy atom. The lowest BCUT2D eigenvalue weighted by molar-refractivity contribution is 0.722. The number of anilines is 3. The number of hydrogen-bond acceptors (Lipinski definition) is 5. The van der Waals surface area contributed by atoms with Crippen molar-refractivity contribution in [2.24, 2.45) is 10.7 Å². The molecule has 1 aliphatic rings. The zero-order valence-electron chi connectivity index (χ0n) is 23.9. The molecule has 6 aromatic carbocycles. The van der Waals surface area contributed by atoms with Crippen LogP contribution in [0.4, 0.5) is 17.1 Å². The highest BCUT2D eigenvalue weighted by Gasteiger charge is 2.34. The van der Waals surface area contributed by atoms with Crippen LogP contribution >= 0.6 is 0 Å². The number of para-hydroxylation sites is 1. The van der Waals surface area contributed by atoms with Crippen molar-refractivity contribution in [3.8, 4) is 11.1 Å². The molecule has 44 heavy (non-hydrogen) atoms. The van der Waals surface area contributed by atoms with Gasteiger partial charge >= 0.3 is 0 Å². The van der Waals surface area contributed by atoms with Gasteiger partial charge in [-0.1, -0.05) is 115 Å². The molecule has 0 amide bonds. The summed E-state index contributed by atoms with van der Waals surface area (Å²) in [4.78, 5) is 14.1. The van der Waals surface area contributed by atoms with Gasteiger partial charge in [-0.2, -0.15) is 0 Å². The molecule has 7 aromatic rings. The topological polar surface area (TPSA) is 82.3 Å². The van der Waals surface area contributed by atoms with Gasteiger partial charge in [0.2, 0.25) is 5.62 Å². The highest BCUT2D eigenvalue weighted by atomic mass is 15.3. The van der Waals surface area contributed by atoms with Crippen LogP contribution in [-0.2, 0) is 0 Å². The van der Waals surface area contributed by atoms with Crippen molar-refractivity contribution in [3.05, 3.63) is 163 Å². The zero-order chi connectivity index (χ0) is 29.5. The van der Waals surface area contributed by atoms with Crippen LogP contribution in [0.3, 0.4) is 0 Å². The van der Waals surface area contributed by atoms with Gasteiger partial charge in [-0.05, 0) is 51.2 Å². The fourth-order valence-electron chi connectivity index (χ4n) is 6.27. The minimum Gasteiger partial charge on any atom is -0.359 e. The number of aromatic amines is 1. The smallest absolute Gasteiger partial charge is 0.223 e. The fraction of sp³-hybridized carbons (Fsp3) is 0.0526. The molecule has 6 heteroatoms. The first-order chi connectivity index (χ1) is 21.7. The molecule has 0 radical (unpaired) electrons. The van der Waals surface area contributed by atoms with Crippen LogP contribution in [0.2, 0.25) is 0 Å². The first-order valence-electron chi connectivity index (χ1n) is 14.8. The summed E-state index contributed by atoms with van der Waals surface area (Å²) in [5.41, 5.74) is 14.7. The van der Waals surface area contributed by atoms with Crippen molar-refractivity contribution in [3.63, 3.8) is 0 Å². The second-order valence-electron chi connectivity index (χ2n) is 11.0. The molecule has 1 aromatic heterocycles. The van der Waals surface area contributed by atoms with Crippen LogP contribution < -0.4 is 21.6 Å². The molecule has 0 aliphatic carbocycles. The van der Waals surface area contributed by atoms with Crippen molar-refractivity contribution < 1.29 is 0 Å². The van der Waals surface area contributed by atoms with E-state index in [-0.39, 0.29) is 6.17 Å². The van der Waals surface area contributed by atoms with E-state index in [4.69, 9.17) is 5.73 Å². The Morgan fingerprint density at radius 1 is 0.659 bits per heavy atom. The third-order valence-corrected chi connectivity index (χ3v) is 8.38. The summed E-state index contributed by atoms with van der Waals surface area (Å²) >= 11 is 0. The van der Waals surface area contributed by atoms with E-state index in [1.165, 1.54) is 32.8 Å². The standard InChI is InChI=1S/C38H30N6/c39-36(43-38-40-23-8-24-41-38)27-19-15-25(16-20-27)26-17-21-28(22-18-26)37-42-34-32-13-6-4-11-30(32)31-12-5-7-14-33(31)35(34)44(37)29-9-2-1-3-10-29/h1-24,36-37,42H,39H2,(H,40,41,43). The van der Waals surface area contributed by atoms with Crippen LogP contribution in [0, 0.1) is 0 Å². The molecule has 2 heterocycles. The van der Waals surface area contributed by atoms with E-state index < -0.39 is 6.17 Å². The van der Waals surface area contributed by atoms with Gasteiger partial charge in [0.15, 0.2) is 0 Å². The van der Waals surface area contributed by atoms with Crippen LogP contribution in [-0.4, -0.2) is 9.97 Å². The third-order valence-electron chi connectivity index (χ3n) is 8.38. The predicted molar refractivity (Wildman–Crippen MR) is 179 cm³/mol. The van der Waals surface area contributed by atoms with Gasteiger partial charge in [0.05, 0.1) is 11.4 Å². The summed E-state index contributed by atoms with van der Waals surface area (Å²) in [6.45, 7) is 0. The normalized spacial score (nSPS) is 15.3. The van der Waals surface area contributed by atoms with Gasteiger partial charge in [-0.3, -0.25) is 0 Å². The van der Waals surface area contributed by atoms with Crippen LogP contribution in [0.15, 0.2) is 151 Å². The summed E-state index contributed by atoms with van der Waals surface area (Å²) in [6.07, 6.45) is 2.91. The summed E-state index contributed by atoms with van der Waals surface area (Å²) in [5.74, 6) is 0. The lowest BCUT2D eigenvalue weighted by atomic mass is 9.98. The molecule has 0 spiro atoms. The van der Waals surface area contributed by atoms with Crippen molar-refractivity contribution in [2.75, 3.05) is 10.2 Å². The average Bonchev–Trinajstić information content (AvgIpc) is 3.51. The second kappa shape index (κ2) is 10.8. The summed E-state index contributed by atoms with van der Waals surface area (Å²) in [5, 5.41) is 8.91. The molecule has 0 saturated heterocycles. The van der Waals surface area contributed by atoms with Crippen molar-refractivity contribution in [1.29, 1.82) is 0 Å². The number of nitrogens with zero attached hydrogens (tertiary/aromatic N) is 3. The first kappa shape index (κ1) is 25.9. The number of aromatic nitrogens is 2. The maximum Gasteiger partial charge on any atom is 0.223 e. The number of hydrogen-bond donors (Lipinski definition) is 3. The van der Waals surface area contributed by atoms with Crippen LogP contribution in [0.5, 0.6) is 0 Å². The molecule has 8 rings (SSSR count). The summed E-state index contributed by atoms with van der Waals surface area (Å²) in [6, 6.07) is 47.0. The quantitative estimate of drug-likeness (QED) is 0.182. The lowest BCUT2D eigenvalue weighted by Gasteiger charge is -2.28. The fourth-order valence-corrected chi connectivity index (χ4v) is 6.27. The average molecular weight is 571 g/mol. The Bertz CT molecular complexity index is 2150. The van der Waals surface area contributed by atoms with Gasteiger partial charge in [0.25, 0.3) is 0 Å². The highest BCUT2D eigenvalue weighted by molar-refractivity contribution is 6.22. The Hall–Kier alpha value is -5.72. The van der Waals surface area contributed by atoms with Crippen LogP contribution in [0.25, 0.3) is 32.7 Å². The van der Waals surface area contributed by atoms with Gasteiger partial charge < -0.3 is 20.9 Å². The van der Waals surface area contributed by atoms with E-state index in [0.717, 1.165) is 28.1 Å². The molecule has 1 aliphatic heterocycles. The van der Waals surface area contributed by atoms with E-state index in [1.807, 2.05) is 18.2 Å². The minimum absolute atomic E-state index is 0.0685. The molecule has 2 unspecified atom stereocenters. The second-order valence-corrected chi connectivity index (χ2v) is 11.0. The molecule has 0 saturated carbocycles. The van der Waals surface area contributed by atoms with E-state index in [9.17, 15) is 0 Å². The van der Waals surface area contributed by atoms with E-state index in [2.05, 4.69) is 140 Å². The first-order valence-corrected chi connectivity index (χ1v) is 14.8. The van der Waals surface area contributed by atoms with Gasteiger partial charge in [0, 0.05) is 28.9 Å². The molecular formula is C38H30N6. The predicted octanol–water partition coefficient (Wildman–Crippen LogP) is 8.20. The maximum atomic E-state index is 6.33. The number of nitrogens with one attached hydrogen (secondary N) is 2. The Morgan fingerprint density at radius 2 is 1.27 bits per heavy atom. The van der Waals surface area contributed by atoms with Crippen molar-refractivity contribution in [2.45, 2.75) is 12.3 Å². The molecule has 0 bridgehead atoms. The van der Waals surface area contributed by atoms with Crippen molar-refractivity contribution in [1.82, 2.24) is 9.97 Å². The van der Waals surface area contributed by atoms with Gasteiger partial charge in [-0.15, -0.1) is 0 Å². The Labute approximate surface area is 255 Å². The minimum atomic E-state index is -0.496. The van der Waals surface area contributed by atoms with Gasteiger partial charge in [-0.25, -0.2) is 9.98 Å². The number of H-pyrrole nitrogens is 1. The van der Waals surface area contributed by atoms with E-state index >= 15 is 0 Å². The van der Waals surface area contributed by atoms with Gasteiger partial charge in [0.1, 0.15) is 12.3 Å². The summed E-state index contributed by atoms with van der Waals surface area (Å²) in [7, 11) is 0. The Kier molecular flexibility index (Phi) is 6.39. The molecule has 6 nitrogen and oxygen atoms in total. The van der Waals surface area contributed by atoms with Crippen LogP contribution in [0.1, 0.15) is 23.5 Å². The number of nitrogens with two attached hydrogens (primary N) is 1. The SMILES string of the molecule is NC(/N=c1/nccc[nH]1)c1ccc(-c2ccc(C3Nc4c(c5ccccc5c5ccccc45)N3c3ccccc3)cc2)cc1. The monoisotopic (exact) mass is 570 g/mol. The number of benzene rings is 6. The molecule has 4 N–H and O–H groups in total. The van der Waals surface area contributed by atoms with E-state index in [0.29, 0.717) is 5.62 Å².